The van der Waals surface area contributed by atoms with Gasteiger partial charge in [-0.2, -0.15) is 0 Å². The van der Waals surface area contributed by atoms with Gasteiger partial charge in [0.15, 0.2) is 6.20 Å². The summed E-state index contributed by atoms with van der Waals surface area (Å²) in [5.41, 5.74) is 10.7. The van der Waals surface area contributed by atoms with Crippen LogP contribution in [0.5, 0.6) is 0 Å². The first-order chi connectivity index (χ1) is 14.6. The van der Waals surface area contributed by atoms with E-state index in [1.807, 2.05) is 0 Å². The Kier molecular flexibility index (Phi) is 3.53. The zero-order valence-corrected chi connectivity index (χ0v) is 17.7. The van der Waals surface area contributed by atoms with Crippen molar-refractivity contribution in [3.05, 3.63) is 76.3 Å². The highest BCUT2D eigenvalue weighted by molar-refractivity contribution is 6.14. The van der Waals surface area contributed by atoms with Crippen molar-refractivity contribution in [2.75, 3.05) is 11.9 Å². The maximum absolute atomic E-state index is 7.35. The summed E-state index contributed by atoms with van der Waals surface area (Å²) >= 11 is 0. The van der Waals surface area contributed by atoms with Gasteiger partial charge in [-0.1, -0.05) is 18.2 Å². The molecular weight excluding hydrogens is 366 g/mol. The largest absolute Gasteiger partial charge is 0.343 e. The number of nitrogens with zero attached hydrogens (tertiary/aromatic N) is 3. The third kappa shape index (κ3) is 2.11. The van der Waals surface area contributed by atoms with E-state index >= 15 is 0 Å². The lowest BCUT2D eigenvalue weighted by Gasteiger charge is -2.34. The van der Waals surface area contributed by atoms with Crippen LogP contribution in [0.1, 0.15) is 28.7 Å². The minimum absolute atomic E-state index is 0.424. The van der Waals surface area contributed by atoms with Crippen LogP contribution in [-0.4, -0.2) is 7.05 Å². The maximum atomic E-state index is 7.35. The lowest BCUT2D eigenvalue weighted by atomic mass is 9.80. The van der Waals surface area contributed by atoms with Crippen LogP contribution in [0.2, 0.25) is 0 Å². The van der Waals surface area contributed by atoms with Crippen molar-refractivity contribution < 1.29 is 4.57 Å². The number of fused-ring (bicyclic) bond motifs is 3. The zero-order valence-electron chi connectivity index (χ0n) is 17.7. The Labute approximate surface area is 177 Å². The standard InChI is InChI=1S/C27H24N3/c1-16-20-9-5-7-18-8-6-10-21(24(18)20)26-23(16)27-25-19(11-12-29(27)3)13-17(15-28-2)14-22(25)30(26)4/h5,7,9,11-14H,6,8,10,15H2,1,3-4H3/q+1. The summed E-state index contributed by atoms with van der Waals surface area (Å²) in [6.07, 6.45) is 5.67. The molecule has 0 saturated heterocycles. The van der Waals surface area contributed by atoms with Gasteiger partial charge in [0.1, 0.15) is 7.05 Å². The minimum Gasteiger partial charge on any atom is -0.343 e. The number of rotatable bonds is 1. The topological polar surface area (TPSA) is 11.5 Å². The van der Waals surface area contributed by atoms with Gasteiger partial charge < -0.3 is 9.74 Å². The first kappa shape index (κ1) is 17.5. The van der Waals surface area contributed by atoms with Crippen LogP contribution in [0.4, 0.5) is 11.4 Å². The van der Waals surface area contributed by atoms with Crippen LogP contribution < -0.4 is 9.47 Å². The molecule has 1 aliphatic carbocycles. The van der Waals surface area contributed by atoms with E-state index in [-0.39, 0.29) is 0 Å². The molecule has 2 aliphatic rings. The maximum Gasteiger partial charge on any atom is 0.239 e. The van der Waals surface area contributed by atoms with E-state index in [1.54, 1.807) is 0 Å². The Morgan fingerprint density at radius 1 is 1.13 bits per heavy atom. The normalized spacial score (nSPS) is 14.1. The molecule has 0 N–H and O–H groups in total. The fraction of sp³-hybridized carbons (Fsp3) is 0.259. The molecule has 0 unspecified atom stereocenters. The van der Waals surface area contributed by atoms with Crippen molar-refractivity contribution in [2.24, 2.45) is 7.05 Å². The van der Waals surface area contributed by atoms with E-state index in [2.05, 4.69) is 77.9 Å². The molecule has 3 heteroatoms. The third-order valence-electron chi connectivity index (χ3n) is 7.10. The number of aryl methyl sites for hydroxylation is 4. The number of aromatic nitrogens is 1. The predicted molar refractivity (Wildman–Crippen MR) is 123 cm³/mol. The van der Waals surface area contributed by atoms with Gasteiger partial charge in [-0.15, -0.1) is 0 Å². The van der Waals surface area contributed by atoms with Crippen LogP contribution in [-0.2, 0) is 26.4 Å². The highest BCUT2D eigenvalue weighted by Gasteiger charge is 2.35. The summed E-state index contributed by atoms with van der Waals surface area (Å²) in [5.74, 6) is 0. The summed E-state index contributed by atoms with van der Waals surface area (Å²) < 4.78 is 2.28. The molecule has 1 aliphatic heterocycles. The molecule has 0 saturated carbocycles. The van der Waals surface area contributed by atoms with Crippen molar-refractivity contribution in [3.8, 4) is 11.3 Å². The van der Waals surface area contributed by atoms with Crippen molar-refractivity contribution >= 4 is 32.9 Å². The summed E-state index contributed by atoms with van der Waals surface area (Å²) in [6, 6.07) is 13.4. The van der Waals surface area contributed by atoms with Gasteiger partial charge in [-0.05, 0) is 71.2 Å². The van der Waals surface area contributed by atoms with E-state index in [0.717, 1.165) is 12.0 Å². The first-order valence-corrected chi connectivity index (χ1v) is 10.7. The van der Waals surface area contributed by atoms with Crippen molar-refractivity contribution in [1.82, 2.24) is 0 Å². The second kappa shape index (κ2) is 6.06. The molecule has 146 valence electrons. The Morgan fingerprint density at radius 3 is 2.83 bits per heavy atom. The fourth-order valence-electron chi connectivity index (χ4n) is 5.83. The van der Waals surface area contributed by atoms with Gasteiger partial charge in [0, 0.05) is 18.7 Å². The van der Waals surface area contributed by atoms with E-state index in [1.165, 1.54) is 73.7 Å². The van der Waals surface area contributed by atoms with Crippen LogP contribution in [0.15, 0.2) is 42.6 Å². The van der Waals surface area contributed by atoms with E-state index < -0.39 is 0 Å². The van der Waals surface area contributed by atoms with E-state index in [9.17, 15) is 0 Å². The van der Waals surface area contributed by atoms with E-state index in [0.29, 0.717) is 6.54 Å². The van der Waals surface area contributed by atoms with Crippen LogP contribution in [0, 0.1) is 13.5 Å². The van der Waals surface area contributed by atoms with Gasteiger partial charge in [-0.25, -0.2) is 11.1 Å². The average molecular weight is 391 g/mol. The van der Waals surface area contributed by atoms with Crippen molar-refractivity contribution in [2.45, 2.75) is 32.7 Å². The van der Waals surface area contributed by atoms with Crippen LogP contribution in [0.3, 0.4) is 0 Å². The monoisotopic (exact) mass is 390 g/mol. The van der Waals surface area contributed by atoms with Crippen LogP contribution in [0.25, 0.3) is 37.6 Å². The van der Waals surface area contributed by atoms with E-state index in [4.69, 9.17) is 6.57 Å². The molecule has 0 atom stereocenters. The van der Waals surface area contributed by atoms with Gasteiger partial charge in [0.2, 0.25) is 12.2 Å². The minimum atomic E-state index is 0.424. The molecule has 3 nitrogen and oxygen atoms in total. The molecule has 30 heavy (non-hydrogen) atoms. The summed E-state index contributed by atoms with van der Waals surface area (Å²) in [6.45, 7) is 10.1. The number of benzene rings is 3. The number of hydrogen-bond acceptors (Lipinski definition) is 1. The van der Waals surface area contributed by atoms with Gasteiger partial charge in [0.05, 0.1) is 22.3 Å². The lowest BCUT2D eigenvalue weighted by molar-refractivity contribution is -0.659. The summed E-state index contributed by atoms with van der Waals surface area (Å²) in [7, 11) is 4.37. The number of anilines is 2. The summed E-state index contributed by atoms with van der Waals surface area (Å²) in [4.78, 5) is 6.06. The molecule has 0 amide bonds. The molecular formula is C27H24N3+. The molecule has 0 spiro atoms. The SMILES string of the molecule is [C-]#[N+]Cc1cc2c3c([n+](C)ccc3c1)-c1c(c3c4c(cccc4c1C)CCC3)N2C. The quantitative estimate of drug-likeness (QED) is 0.296. The second-order valence-electron chi connectivity index (χ2n) is 8.75. The molecule has 6 rings (SSSR count). The van der Waals surface area contributed by atoms with Crippen molar-refractivity contribution in [1.29, 1.82) is 0 Å². The van der Waals surface area contributed by atoms with Crippen LogP contribution >= 0.6 is 0 Å². The molecule has 3 aromatic carbocycles. The number of hydrogen-bond donors (Lipinski definition) is 0. The highest BCUT2D eigenvalue weighted by atomic mass is 15.1. The molecule has 0 radical (unpaired) electrons. The molecule has 0 fully saturated rings. The average Bonchev–Trinajstić information content (AvgIpc) is 2.75. The van der Waals surface area contributed by atoms with Gasteiger partial charge in [0.25, 0.3) is 0 Å². The second-order valence-corrected chi connectivity index (χ2v) is 8.75. The zero-order chi connectivity index (χ0) is 20.6. The smallest absolute Gasteiger partial charge is 0.239 e. The predicted octanol–water partition coefficient (Wildman–Crippen LogP) is 5.78. The van der Waals surface area contributed by atoms with Crippen molar-refractivity contribution in [3.63, 3.8) is 0 Å². The molecule has 1 aromatic heterocycles. The molecule has 0 bridgehead atoms. The fourth-order valence-corrected chi connectivity index (χ4v) is 5.83. The number of pyridine rings is 1. The highest BCUT2D eigenvalue weighted by Crippen LogP contribution is 2.52. The molecule has 2 heterocycles. The molecule has 4 aromatic rings. The Balaban J connectivity index is 1.84. The lowest BCUT2D eigenvalue weighted by Crippen LogP contribution is -2.34. The Hall–Kier alpha value is -3.38. The third-order valence-corrected chi connectivity index (χ3v) is 7.10. The Bertz CT molecular complexity index is 1440. The Morgan fingerprint density at radius 2 is 2.00 bits per heavy atom. The van der Waals surface area contributed by atoms with Gasteiger partial charge >= 0.3 is 0 Å². The first-order valence-electron chi connectivity index (χ1n) is 10.7. The summed E-state index contributed by atoms with van der Waals surface area (Å²) in [5, 5.41) is 5.39. The van der Waals surface area contributed by atoms with Gasteiger partial charge in [-0.3, -0.25) is 0 Å².